The maximum Gasteiger partial charge on any atom is 0.315 e. The lowest BCUT2D eigenvalue weighted by Gasteiger charge is -2.05. The molecule has 1 amide bonds. The standard InChI is InChI=1S/C8H5ClF2N2O3/c9-5-2-1-4(13(15)16)3-6(5)12-8(14)7(10)11/h1-3,7H,(H,12,14). The van der Waals surface area contributed by atoms with Crippen molar-refractivity contribution in [2.45, 2.75) is 6.43 Å². The van der Waals surface area contributed by atoms with E-state index >= 15 is 0 Å². The number of nitrogens with zero attached hydrogens (tertiary/aromatic N) is 1. The number of non-ortho nitro benzene ring substituents is 1. The average Bonchev–Trinajstić information content (AvgIpc) is 2.20. The van der Waals surface area contributed by atoms with Gasteiger partial charge in [0.1, 0.15) is 0 Å². The van der Waals surface area contributed by atoms with Gasteiger partial charge in [-0.3, -0.25) is 14.9 Å². The number of nitro benzene ring substituents is 1. The van der Waals surface area contributed by atoms with Gasteiger partial charge in [-0.05, 0) is 6.07 Å². The van der Waals surface area contributed by atoms with Gasteiger partial charge >= 0.3 is 6.43 Å². The first kappa shape index (κ1) is 12.3. The molecule has 0 aromatic heterocycles. The molecule has 0 aliphatic rings. The van der Waals surface area contributed by atoms with Gasteiger partial charge < -0.3 is 5.32 Å². The summed E-state index contributed by atoms with van der Waals surface area (Å²) >= 11 is 5.57. The van der Waals surface area contributed by atoms with Gasteiger partial charge in [0.2, 0.25) is 0 Å². The van der Waals surface area contributed by atoms with Crippen molar-refractivity contribution in [3.63, 3.8) is 0 Å². The normalized spacial score (nSPS) is 10.2. The minimum absolute atomic E-state index is 0.0559. The minimum Gasteiger partial charge on any atom is -0.320 e. The number of benzene rings is 1. The number of hydrogen-bond acceptors (Lipinski definition) is 3. The van der Waals surface area contributed by atoms with Crippen LogP contribution in [-0.4, -0.2) is 17.3 Å². The number of alkyl halides is 2. The van der Waals surface area contributed by atoms with E-state index in [1.807, 2.05) is 0 Å². The fourth-order valence-corrected chi connectivity index (χ4v) is 1.07. The summed E-state index contributed by atoms with van der Waals surface area (Å²) in [5.74, 6) is -1.57. The van der Waals surface area contributed by atoms with Crippen LogP contribution in [0.5, 0.6) is 0 Å². The SMILES string of the molecule is O=C(Nc1cc([N+](=O)[O-])ccc1Cl)C(F)F. The highest BCUT2D eigenvalue weighted by Gasteiger charge is 2.18. The van der Waals surface area contributed by atoms with Gasteiger partial charge in [0.15, 0.2) is 0 Å². The largest absolute Gasteiger partial charge is 0.320 e. The van der Waals surface area contributed by atoms with Crippen LogP contribution in [0.3, 0.4) is 0 Å². The Morgan fingerprint density at radius 2 is 2.12 bits per heavy atom. The Morgan fingerprint density at radius 3 is 2.62 bits per heavy atom. The van der Waals surface area contributed by atoms with Gasteiger partial charge in [0, 0.05) is 12.1 Å². The van der Waals surface area contributed by atoms with Crippen LogP contribution < -0.4 is 5.32 Å². The zero-order valence-corrected chi connectivity index (χ0v) is 8.37. The maximum atomic E-state index is 11.9. The molecule has 0 heterocycles. The summed E-state index contributed by atoms with van der Waals surface area (Å²) in [6.45, 7) is 0. The second-order valence-corrected chi connectivity index (χ2v) is 3.12. The van der Waals surface area contributed by atoms with E-state index in [0.717, 1.165) is 18.2 Å². The molecular weight excluding hydrogens is 246 g/mol. The summed E-state index contributed by atoms with van der Waals surface area (Å²) < 4.78 is 23.8. The van der Waals surface area contributed by atoms with Crippen molar-refractivity contribution in [2.24, 2.45) is 0 Å². The molecule has 0 saturated heterocycles. The predicted molar refractivity (Wildman–Crippen MR) is 52.7 cm³/mol. The molecule has 0 aliphatic heterocycles. The van der Waals surface area contributed by atoms with Crippen LogP contribution in [-0.2, 0) is 4.79 Å². The first-order valence-corrected chi connectivity index (χ1v) is 4.32. The topological polar surface area (TPSA) is 72.2 Å². The lowest BCUT2D eigenvalue weighted by molar-refractivity contribution is -0.384. The molecule has 1 aromatic rings. The Hall–Kier alpha value is -1.76. The van der Waals surface area contributed by atoms with Crippen molar-refractivity contribution in [1.82, 2.24) is 0 Å². The number of halogens is 3. The van der Waals surface area contributed by atoms with Gasteiger partial charge in [-0.2, -0.15) is 8.78 Å². The van der Waals surface area contributed by atoms with Crippen LogP contribution in [0.25, 0.3) is 0 Å². The van der Waals surface area contributed by atoms with E-state index in [0.29, 0.717) is 0 Å². The molecule has 0 radical (unpaired) electrons. The minimum atomic E-state index is -3.21. The molecule has 8 heteroatoms. The van der Waals surface area contributed by atoms with E-state index in [1.165, 1.54) is 0 Å². The summed E-state index contributed by atoms with van der Waals surface area (Å²) in [5, 5.41) is 12.1. The highest BCUT2D eigenvalue weighted by atomic mass is 35.5. The number of amides is 1. The third-order valence-corrected chi connectivity index (χ3v) is 1.95. The number of carbonyl (C=O) groups is 1. The number of anilines is 1. The molecular formula is C8H5ClF2N2O3. The predicted octanol–water partition coefficient (Wildman–Crippen LogP) is 2.45. The third kappa shape index (κ3) is 2.86. The molecule has 0 aliphatic carbocycles. The molecule has 5 nitrogen and oxygen atoms in total. The van der Waals surface area contributed by atoms with Crippen LogP contribution in [0, 0.1) is 10.1 Å². The van der Waals surface area contributed by atoms with Gasteiger partial charge in [0.05, 0.1) is 15.6 Å². The van der Waals surface area contributed by atoms with E-state index in [-0.39, 0.29) is 16.4 Å². The zero-order chi connectivity index (χ0) is 12.3. The molecule has 0 saturated carbocycles. The number of nitro groups is 1. The molecule has 1 N–H and O–H groups in total. The Kier molecular flexibility index (Phi) is 3.73. The molecule has 1 aromatic carbocycles. The Bertz CT molecular complexity index is 439. The van der Waals surface area contributed by atoms with Crippen LogP contribution in [0.4, 0.5) is 20.2 Å². The zero-order valence-electron chi connectivity index (χ0n) is 7.62. The molecule has 16 heavy (non-hydrogen) atoms. The highest BCUT2D eigenvalue weighted by molar-refractivity contribution is 6.33. The van der Waals surface area contributed by atoms with Crippen molar-refractivity contribution in [3.05, 3.63) is 33.3 Å². The number of nitrogens with one attached hydrogen (secondary N) is 1. The van der Waals surface area contributed by atoms with Crippen molar-refractivity contribution in [3.8, 4) is 0 Å². The molecule has 0 atom stereocenters. The van der Waals surface area contributed by atoms with E-state index < -0.39 is 17.3 Å². The van der Waals surface area contributed by atoms with Crippen LogP contribution in [0.2, 0.25) is 5.02 Å². The van der Waals surface area contributed by atoms with E-state index in [4.69, 9.17) is 11.6 Å². The first-order chi connectivity index (χ1) is 7.41. The summed E-state index contributed by atoms with van der Waals surface area (Å²) in [7, 11) is 0. The van der Waals surface area contributed by atoms with Gasteiger partial charge in [-0.25, -0.2) is 0 Å². The van der Waals surface area contributed by atoms with Crippen molar-refractivity contribution in [2.75, 3.05) is 5.32 Å². The van der Waals surface area contributed by atoms with Crippen LogP contribution in [0.15, 0.2) is 18.2 Å². The maximum absolute atomic E-state index is 11.9. The molecule has 1 rings (SSSR count). The highest BCUT2D eigenvalue weighted by Crippen LogP contribution is 2.26. The third-order valence-electron chi connectivity index (χ3n) is 1.62. The monoisotopic (exact) mass is 250 g/mol. The summed E-state index contributed by atoms with van der Waals surface area (Å²) in [6, 6.07) is 3.14. The molecule has 86 valence electrons. The average molecular weight is 251 g/mol. The fraction of sp³-hybridized carbons (Fsp3) is 0.125. The van der Waals surface area contributed by atoms with Gasteiger partial charge in [-0.15, -0.1) is 0 Å². The fourth-order valence-electron chi connectivity index (χ4n) is 0.910. The second-order valence-electron chi connectivity index (χ2n) is 2.71. The van der Waals surface area contributed by atoms with Crippen molar-refractivity contribution in [1.29, 1.82) is 0 Å². The first-order valence-electron chi connectivity index (χ1n) is 3.95. The second kappa shape index (κ2) is 4.84. The van der Waals surface area contributed by atoms with Crippen molar-refractivity contribution < 1.29 is 18.5 Å². The number of carbonyl (C=O) groups excluding carboxylic acids is 1. The van der Waals surface area contributed by atoms with Crippen molar-refractivity contribution >= 4 is 28.9 Å². The lowest BCUT2D eigenvalue weighted by Crippen LogP contribution is -2.20. The Morgan fingerprint density at radius 1 is 1.50 bits per heavy atom. The lowest BCUT2D eigenvalue weighted by atomic mass is 10.3. The summed E-state index contributed by atoms with van der Waals surface area (Å²) in [4.78, 5) is 20.3. The summed E-state index contributed by atoms with van der Waals surface area (Å²) in [5.41, 5.74) is -0.574. The number of rotatable bonds is 3. The smallest absolute Gasteiger partial charge is 0.315 e. The van der Waals surface area contributed by atoms with Crippen LogP contribution in [0.1, 0.15) is 0 Å². The van der Waals surface area contributed by atoms with Crippen LogP contribution >= 0.6 is 11.6 Å². The van der Waals surface area contributed by atoms with Gasteiger partial charge in [-0.1, -0.05) is 11.6 Å². The van der Waals surface area contributed by atoms with E-state index in [1.54, 1.807) is 5.32 Å². The van der Waals surface area contributed by atoms with E-state index in [2.05, 4.69) is 0 Å². The summed E-state index contributed by atoms with van der Waals surface area (Å²) in [6.07, 6.45) is -3.21. The molecule has 0 spiro atoms. The molecule has 0 fully saturated rings. The number of hydrogen-bond donors (Lipinski definition) is 1. The quantitative estimate of drug-likeness (QED) is 0.661. The Labute approximate surface area is 93.2 Å². The Balaban J connectivity index is 2.99. The van der Waals surface area contributed by atoms with E-state index in [9.17, 15) is 23.7 Å². The molecule has 0 unspecified atom stereocenters. The van der Waals surface area contributed by atoms with Gasteiger partial charge in [0.25, 0.3) is 11.6 Å². The molecule has 0 bridgehead atoms.